The van der Waals surface area contributed by atoms with E-state index in [4.69, 9.17) is 0 Å². The van der Waals surface area contributed by atoms with Crippen molar-refractivity contribution in [3.05, 3.63) is 0 Å². The van der Waals surface area contributed by atoms with Gasteiger partial charge in [-0.1, -0.05) is 20.8 Å². The van der Waals surface area contributed by atoms with Gasteiger partial charge < -0.3 is 10.2 Å². The van der Waals surface area contributed by atoms with E-state index in [1.54, 1.807) is 6.92 Å². The van der Waals surface area contributed by atoms with Gasteiger partial charge in [0, 0.05) is 32.0 Å². The number of rotatable bonds is 2. The molecule has 1 atom stereocenters. The molecule has 1 aliphatic heterocycles. The summed E-state index contributed by atoms with van der Waals surface area (Å²) in [6.45, 7) is 11.4. The van der Waals surface area contributed by atoms with Gasteiger partial charge in [-0.25, -0.2) is 0 Å². The first-order chi connectivity index (χ1) is 8.21. The van der Waals surface area contributed by atoms with E-state index in [-0.39, 0.29) is 29.2 Å². The molecule has 0 radical (unpaired) electrons. The van der Waals surface area contributed by atoms with E-state index in [2.05, 4.69) is 26.1 Å². The quantitative estimate of drug-likeness (QED) is 0.817. The van der Waals surface area contributed by atoms with Crippen molar-refractivity contribution in [2.24, 2.45) is 11.3 Å². The Labute approximate surface area is 110 Å². The topological polar surface area (TPSA) is 49.4 Å². The number of amides is 2. The highest BCUT2D eigenvalue weighted by Crippen LogP contribution is 2.21. The van der Waals surface area contributed by atoms with Gasteiger partial charge in [-0.05, 0) is 25.2 Å². The van der Waals surface area contributed by atoms with Gasteiger partial charge in [-0.15, -0.1) is 0 Å². The SMILES string of the molecule is CC(=O)N1CCC(C(=O)N[C@@H](C)C(C)(C)C)CC1. The molecule has 0 saturated carbocycles. The lowest BCUT2D eigenvalue weighted by Crippen LogP contribution is -2.47. The summed E-state index contributed by atoms with van der Waals surface area (Å²) < 4.78 is 0. The van der Waals surface area contributed by atoms with Gasteiger partial charge in [0.2, 0.25) is 11.8 Å². The van der Waals surface area contributed by atoms with Gasteiger partial charge in [-0.2, -0.15) is 0 Å². The van der Waals surface area contributed by atoms with Crippen molar-refractivity contribution in [1.82, 2.24) is 10.2 Å². The first-order valence-corrected chi connectivity index (χ1v) is 6.77. The van der Waals surface area contributed by atoms with E-state index in [1.165, 1.54) is 0 Å². The minimum Gasteiger partial charge on any atom is -0.353 e. The van der Waals surface area contributed by atoms with Gasteiger partial charge in [0.15, 0.2) is 0 Å². The second-order valence-corrected chi connectivity index (χ2v) is 6.38. The molecule has 0 aromatic rings. The Morgan fingerprint density at radius 2 is 1.72 bits per heavy atom. The van der Waals surface area contributed by atoms with Crippen LogP contribution in [0.4, 0.5) is 0 Å². The Bertz CT molecular complexity index is 312. The lowest BCUT2D eigenvalue weighted by Gasteiger charge is -2.33. The van der Waals surface area contributed by atoms with E-state index in [1.807, 2.05) is 11.8 Å². The normalized spacial score (nSPS) is 19.5. The second kappa shape index (κ2) is 5.72. The lowest BCUT2D eigenvalue weighted by atomic mass is 9.87. The van der Waals surface area contributed by atoms with Crippen LogP contribution in [0.1, 0.15) is 47.5 Å². The van der Waals surface area contributed by atoms with E-state index in [0.717, 1.165) is 12.8 Å². The smallest absolute Gasteiger partial charge is 0.223 e. The zero-order chi connectivity index (χ0) is 13.9. The van der Waals surface area contributed by atoms with Crippen molar-refractivity contribution in [2.75, 3.05) is 13.1 Å². The fourth-order valence-corrected chi connectivity index (χ4v) is 2.00. The number of piperidine rings is 1. The molecule has 1 aliphatic rings. The lowest BCUT2D eigenvalue weighted by molar-refractivity contribution is -0.134. The Morgan fingerprint density at radius 3 is 2.11 bits per heavy atom. The molecule has 1 saturated heterocycles. The van der Waals surface area contributed by atoms with Crippen LogP contribution in [0.3, 0.4) is 0 Å². The van der Waals surface area contributed by atoms with Crippen LogP contribution in [0, 0.1) is 11.3 Å². The summed E-state index contributed by atoms with van der Waals surface area (Å²) in [4.78, 5) is 25.1. The van der Waals surface area contributed by atoms with Crippen LogP contribution in [0.2, 0.25) is 0 Å². The maximum atomic E-state index is 12.1. The van der Waals surface area contributed by atoms with Crippen LogP contribution in [-0.2, 0) is 9.59 Å². The van der Waals surface area contributed by atoms with Gasteiger partial charge in [0.25, 0.3) is 0 Å². The van der Waals surface area contributed by atoms with Crippen LogP contribution >= 0.6 is 0 Å². The number of carbonyl (C=O) groups is 2. The third kappa shape index (κ3) is 4.00. The summed E-state index contributed by atoms with van der Waals surface area (Å²) in [6.07, 6.45) is 1.56. The predicted octanol–water partition coefficient (Wildman–Crippen LogP) is 1.80. The first kappa shape index (κ1) is 15.0. The Balaban J connectivity index is 2.43. The molecule has 0 bridgehead atoms. The minimum absolute atomic E-state index is 0.0606. The number of likely N-dealkylation sites (tertiary alicyclic amines) is 1. The van der Waals surface area contributed by atoms with Gasteiger partial charge in [-0.3, -0.25) is 9.59 Å². The zero-order valence-corrected chi connectivity index (χ0v) is 12.2. The number of carbonyl (C=O) groups excluding carboxylic acids is 2. The molecule has 18 heavy (non-hydrogen) atoms. The minimum atomic E-state index is 0.0606. The largest absolute Gasteiger partial charge is 0.353 e. The molecule has 4 heteroatoms. The summed E-state index contributed by atoms with van der Waals surface area (Å²) >= 11 is 0. The fraction of sp³-hybridized carbons (Fsp3) is 0.857. The van der Waals surface area contributed by atoms with Crippen molar-refractivity contribution in [3.63, 3.8) is 0 Å². The van der Waals surface area contributed by atoms with E-state index in [9.17, 15) is 9.59 Å². The first-order valence-electron chi connectivity index (χ1n) is 6.77. The van der Waals surface area contributed by atoms with Crippen molar-refractivity contribution >= 4 is 11.8 Å². The standard InChI is InChI=1S/C14H26N2O2/c1-10(14(3,4)5)15-13(18)12-6-8-16(9-7-12)11(2)17/h10,12H,6-9H2,1-5H3,(H,15,18)/t10-/m0/s1. The summed E-state index contributed by atoms with van der Waals surface area (Å²) in [6, 6.07) is 0.163. The van der Waals surface area contributed by atoms with Crippen LogP contribution < -0.4 is 5.32 Å². The predicted molar refractivity (Wildman–Crippen MR) is 72.0 cm³/mol. The second-order valence-electron chi connectivity index (χ2n) is 6.38. The molecule has 1 rings (SSSR count). The number of hydrogen-bond donors (Lipinski definition) is 1. The van der Waals surface area contributed by atoms with Crippen molar-refractivity contribution in [3.8, 4) is 0 Å². The van der Waals surface area contributed by atoms with Crippen molar-refractivity contribution < 1.29 is 9.59 Å². The van der Waals surface area contributed by atoms with E-state index < -0.39 is 0 Å². The van der Waals surface area contributed by atoms with Crippen LogP contribution in [0.25, 0.3) is 0 Å². The summed E-state index contributed by atoms with van der Waals surface area (Å²) in [7, 11) is 0. The maximum absolute atomic E-state index is 12.1. The molecular formula is C14H26N2O2. The zero-order valence-electron chi connectivity index (χ0n) is 12.2. The molecule has 0 spiro atoms. The van der Waals surface area contributed by atoms with Gasteiger partial charge in [0.1, 0.15) is 0 Å². The highest BCUT2D eigenvalue weighted by atomic mass is 16.2. The third-order valence-corrected chi connectivity index (χ3v) is 3.97. The highest BCUT2D eigenvalue weighted by molar-refractivity contribution is 5.79. The molecule has 1 fully saturated rings. The summed E-state index contributed by atoms with van der Waals surface area (Å²) in [5, 5.41) is 3.09. The Hall–Kier alpha value is -1.06. The van der Waals surface area contributed by atoms with Gasteiger partial charge >= 0.3 is 0 Å². The molecule has 0 aromatic carbocycles. The van der Waals surface area contributed by atoms with Crippen LogP contribution in [0.15, 0.2) is 0 Å². The monoisotopic (exact) mass is 254 g/mol. The van der Waals surface area contributed by atoms with Gasteiger partial charge in [0.05, 0.1) is 0 Å². The molecule has 4 nitrogen and oxygen atoms in total. The molecule has 1 heterocycles. The molecule has 0 unspecified atom stereocenters. The summed E-state index contributed by atoms with van der Waals surface area (Å²) in [5.41, 5.74) is 0.0791. The number of hydrogen-bond acceptors (Lipinski definition) is 2. The average Bonchev–Trinajstić information content (AvgIpc) is 2.27. The molecule has 104 valence electrons. The highest BCUT2D eigenvalue weighted by Gasteiger charge is 2.29. The third-order valence-electron chi connectivity index (χ3n) is 3.97. The van der Waals surface area contributed by atoms with Crippen molar-refractivity contribution in [1.29, 1.82) is 0 Å². The Kier molecular flexibility index (Phi) is 4.77. The number of nitrogens with zero attached hydrogens (tertiary/aromatic N) is 1. The van der Waals surface area contributed by atoms with E-state index in [0.29, 0.717) is 13.1 Å². The summed E-state index contributed by atoms with van der Waals surface area (Å²) in [5.74, 6) is 0.308. The van der Waals surface area contributed by atoms with E-state index >= 15 is 0 Å². The van der Waals surface area contributed by atoms with Crippen molar-refractivity contribution in [2.45, 2.75) is 53.5 Å². The molecule has 1 N–H and O–H groups in total. The Morgan fingerprint density at radius 1 is 1.22 bits per heavy atom. The molecule has 0 aliphatic carbocycles. The molecule has 2 amide bonds. The fourth-order valence-electron chi connectivity index (χ4n) is 2.00. The average molecular weight is 254 g/mol. The molecular weight excluding hydrogens is 228 g/mol. The van der Waals surface area contributed by atoms with Crippen LogP contribution in [0.5, 0.6) is 0 Å². The maximum Gasteiger partial charge on any atom is 0.223 e. The number of nitrogens with one attached hydrogen (secondary N) is 1. The molecule has 0 aromatic heterocycles. The van der Waals surface area contributed by atoms with Crippen LogP contribution in [-0.4, -0.2) is 35.8 Å².